The number of nitrogens with one attached hydrogen (secondary N) is 2. The molecule has 0 radical (unpaired) electrons. The van der Waals surface area contributed by atoms with E-state index in [1.165, 1.54) is 25.7 Å². The summed E-state index contributed by atoms with van der Waals surface area (Å²) in [5.41, 5.74) is 0. The molecule has 2 rings (SSSR count). The number of hydrogen-bond acceptors (Lipinski definition) is 4. The van der Waals surface area contributed by atoms with Gasteiger partial charge in [-0.2, -0.15) is 0 Å². The molecule has 2 amide bonds. The second kappa shape index (κ2) is 8.48. The molecule has 2 fully saturated rings. The molecule has 1 aliphatic heterocycles. The summed E-state index contributed by atoms with van der Waals surface area (Å²) in [5, 5.41) is 15.7. The Balaban J connectivity index is 1.73. The van der Waals surface area contributed by atoms with E-state index in [0.717, 1.165) is 12.8 Å². The van der Waals surface area contributed by atoms with Crippen molar-refractivity contribution in [2.45, 2.75) is 57.1 Å². The van der Waals surface area contributed by atoms with E-state index in [1.807, 2.05) is 4.90 Å². The minimum atomic E-state index is -0.525. The molecule has 126 valence electrons. The second-order valence-electron chi connectivity index (χ2n) is 6.65. The van der Waals surface area contributed by atoms with Crippen LogP contribution in [-0.4, -0.2) is 60.6 Å². The highest BCUT2D eigenvalue weighted by atomic mass is 16.3. The standard InChI is InChI=1S/C16H29N3O3/c1-17-15(21)8-12-9-19(10-14(12)20)11-16(22)18-13-6-4-2-3-5-7-13/h12-14,20H,2-11H2,1H3,(H,17,21)(H,18,22)/t12-,14-/m0/s1. The van der Waals surface area contributed by atoms with Crippen LogP contribution in [0.2, 0.25) is 0 Å². The van der Waals surface area contributed by atoms with E-state index >= 15 is 0 Å². The summed E-state index contributed by atoms with van der Waals surface area (Å²) >= 11 is 0. The van der Waals surface area contributed by atoms with Gasteiger partial charge in [0.1, 0.15) is 0 Å². The highest BCUT2D eigenvalue weighted by Crippen LogP contribution is 2.20. The fraction of sp³-hybridized carbons (Fsp3) is 0.875. The van der Waals surface area contributed by atoms with Crippen LogP contribution < -0.4 is 10.6 Å². The second-order valence-corrected chi connectivity index (χ2v) is 6.65. The number of carbonyl (C=O) groups excluding carboxylic acids is 2. The van der Waals surface area contributed by atoms with Gasteiger partial charge in [-0.15, -0.1) is 0 Å². The van der Waals surface area contributed by atoms with Crippen LogP contribution >= 0.6 is 0 Å². The van der Waals surface area contributed by atoms with E-state index in [2.05, 4.69) is 10.6 Å². The van der Waals surface area contributed by atoms with Crippen LogP contribution in [-0.2, 0) is 9.59 Å². The monoisotopic (exact) mass is 311 g/mol. The number of hydrogen-bond donors (Lipinski definition) is 3. The maximum Gasteiger partial charge on any atom is 0.234 e. The molecule has 0 bridgehead atoms. The van der Waals surface area contributed by atoms with Crippen molar-refractivity contribution in [3.63, 3.8) is 0 Å². The average Bonchev–Trinajstić information content (AvgIpc) is 2.68. The Labute approximate surface area is 132 Å². The molecule has 1 saturated heterocycles. The molecule has 1 aliphatic carbocycles. The van der Waals surface area contributed by atoms with E-state index in [-0.39, 0.29) is 17.7 Å². The lowest BCUT2D eigenvalue weighted by Crippen LogP contribution is -2.41. The van der Waals surface area contributed by atoms with Gasteiger partial charge in [-0.25, -0.2) is 0 Å². The number of aliphatic hydroxyl groups excluding tert-OH is 1. The molecule has 3 N–H and O–H groups in total. The number of nitrogens with zero attached hydrogens (tertiary/aromatic N) is 1. The number of rotatable bonds is 5. The maximum atomic E-state index is 12.2. The van der Waals surface area contributed by atoms with Crippen molar-refractivity contribution >= 4 is 11.8 Å². The third-order valence-corrected chi connectivity index (χ3v) is 4.80. The van der Waals surface area contributed by atoms with Crippen LogP contribution in [0.25, 0.3) is 0 Å². The largest absolute Gasteiger partial charge is 0.391 e. The highest BCUT2D eigenvalue weighted by molar-refractivity contribution is 5.78. The summed E-state index contributed by atoms with van der Waals surface area (Å²) in [5.74, 6) is -0.0980. The van der Waals surface area contributed by atoms with Gasteiger partial charge >= 0.3 is 0 Å². The lowest BCUT2D eigenvalue weighted by molar-refractivity contribution is -0.123. The van der Waals surface area contributed by atoms with Crippen LogP contribution in [0.1, 0.15) is 44.9 Å². The van der Waals surface area contributed by atoms with Crippen molar-refractivity contribution in [3.05, 3.63) is 0 Å². The molecule has 0 spiro atoms. The normalized spacial score (nSPS) is 27.4. The molecule has 22 heavy (non-hydrogen) atoms. The zero-order valence-electron chi connectivity index (χ0n) is 13.5. The summed E-state index contributed by atoms with van der Waals surface area (Å²) in [6, 6.07) is 0.309. The molecule has 0 aromatic heterocycles. The van der Waals surface area contributed by atoms with Gasteiger partial charge in [0.05, 0.1) is 12.6 Å². The Morgan fingerprint density at radius 3 is 2.41 bits per heavy atom. The van der Waals surface area contributed by atoms with Crippen molar-refractivity contribution in [2.75, 3.05) is 26.7 Å². The summed E-state index contributed by atoms with van der Waals surface area (Å²) in [7, 11) is 1.60. The fourth-order valence-electron chi connectivity index (χ4n) is 3.51. The number of aliphatic hydroxyl groups is 1. The van der Waals surface area contributed by atoms with Gasteiger partial charge in [0.25, 0.3) is 0 Å². The minimum Gasteiger partial charge on any atom is -0.391 e. The molecule has 2 atom stereocenters. The summed E-state index contributed by atoms with van der Waals surface area (Å²) in [4.78, 5) is 25.5. The van der Waals surface area contributed by atoms with E-state index < -0.39 is 6.10 Å². The van der Waals surface area contributed by atoms with Gasteiger partial charge in [-0.1, -0.05) is 25.7 Å². The zero-order chi connectivity index (χ0) is 15.9. The summed E-state index contributed by atoms with van der Waals surface area (Å²) < 4.78 is 0. The Hall–Kier alpha value is -1.14. The van der Waals surface area contributed by atoms with Crippen LogP contribution in [0.15, 0.2) is 0 Å². The Kier molecular flexibility index (Phi) is 6.64. The molecule has 0 aromatic carbocycles. The topological polar surface area (TPSA) is 81.7 Å². The number of likely N-dealkylation sites (tertiary alicyclic amines) is 1. The molecule has 6 heteroatoms. The van der Waals surface area contributed by atoms with Gasteiger partial charge in [0.2, 0.25) is 11.8 Å². The third-order valence-electron chi connectivity index (χ3n) is 4.80. The first-order valence-corrected chi connectivity index (χ1v) is 8.49. The van der Waals surface area contributed by atoms with E-state index in [0.29, 0.717) is 32.1 Å². The lowest BCUT2D eigenvalue weighted by atomic mass is 10.0. The first kappa shape index (κ1) is 17.2. The van der Waals surface area contributed by atoms with Crippen molar-refractivity contribution < 1.29 is 14.7 Å². The highest BCUT2D eigenvalue weighted by Gasteiger charge is 2.33. The van der Waals surface area contributed by atoms with Crippen LogP contribution in [0, 0.1) is 5.92 Å². The van der Waals surface area contributed by atoms with Gasteiger partial charge in [-0.05, 0) is 12.8 Å². The van der Waals surface area contributed by atoms with E-state index in [1.54, 1.807) is 7.05 Å². The predicted octanol–water partition coefficient (Wildman–Crippen LogP) is 0.254. The van der Waals surface area contributed by atoms with Gasteiger partial charge in [0, 0.05) is 38.5 Å². The number of amides is 2. The molecule has 0 unspecified atom stereocenters. The predicted molar refractivity (Wildman–Crippen MR) is 84.3 cm³/mol. The molecule has 1 saturated carbocycles. The Morgan fingerprint density at radius 1 is 1.09 bits per heavy atom. The Bertz CT molecular complexity index is 381. The number of carbonyl (C=O) groups is 2. The van der Waals surface area contributed by atoms with Crippen LogP contribution in [0.4, 0.5) is 0 Å². The molecular formula is C16H29N3O3. The molecule has 6 nitrogen and oxygen atoms in total. The van der Waals surface area contributed by atoms with Gasteiger partial charge < -0.3 is 15.7 Å². The lowest BCUT2D eigenvalue weighted by Gasteiger charge is -2.19. The molecule has 0 aromatic rings. The van der Waals surface area contributed by atoms with Crippen LogP contribution in [0.3, 0.4) is 0 Å². The minimum absolute atomic E-state index is 0.0414. The zero-order valence-corrected chi connectivity index (χ0v) is 13.5. The summed E-state index contributed by atoms with van der Waals surface area (Å²) in [6.45, 7) is 1.39. The first-order valence-electron chi connectivity index (χ1n) is 8.49. The quantitative estimate of drug-likeness (QED) is 0.636. The van der Waals surface area contributed by atoms with E-state index in [9.17, 15) is 14.7 Å². The van der Waals surface area contributed by atoms with Crippen molar-refractivity contribution in [1.82, 2.24) is 15.5 Å². The molecule has 2 aliphatic rings. The third kappa shape index (κ3) is 5.25. The Morgan fingerprint density at radius 2 is 1.77 bits per heavy atom. The first-order chi connectivity index (χ1) is 10.6. The number of β-amino-alcohol motifs (C(OH)–C–C–N with tert-alkyl or cyclic N) is 1. The van der Waals surface area contributed by atoms with Crippen LogP contribution in [0.5, 0.6) is 0 Å². The summed E-state index contributed by atoms with van der Waals surface area (Å²) in [6.07, 6.45) is 6.88. The van der Waals surface area contributed by atoms with Crippen molar-refractivity contribution in [3.8, 4) is 0 Å². The average molecular weight is 311 g/mol. The van der Waals surface area contributed by atoms with Gasteiger partial charge in [0.15, 0.2) is 0 Å². The van der Waals surface area contributed by atoms with Crippen molar-refractivity contribution in [2.24, 2.45) is 5.92 Å². The van der Waals surface area contributed by atoms with Crippen molar-refractivity contribution in [1.29, 1.82) is 0 Å². The molecule has 1 heterocycles. The van der Waals surface area contributed by atoms with E-state index in [4.69, 9.17) is 0 Å². The smallest absolute Gasteiger partial charge is 0.234 e. The SMILES string of the molecule is CNC(=O)C[C@H]1CN(CC(=O)NC2CCCCCC2)C[C@@H]1O. The fourth-order valence-corrected chi connectivity index (χ4v) is 3.51. The maximum absolute atomic E-state index is 12.2. The van der Waals surface area contributed by atoms with Gasteiger partial charge in [-0.3, -0.25) is 14.5 Å². The molecular weight excluding hydrogens is 282 g/mol.